The van der Waals surface area contributed by atoms with Crippen molar-refractivity contribution < 1.29 is 13.2 Å². The molecule has 25 heavy (non-hydrogen) atoms. The summed E-state index contributed by atoms with van der Waals surface area (Å²) in [6.07, 6.45) is 9.66. The third kappa shape index (κ3) is 4.79. The molecule has 1 aliphatic heterocycles. The van der Waals surface area contributed by atoms with E-state index >= 15 is 0 Å². The second kappa shape index (κ2) is 8.27. The van der Waals surface area contributed by atoms with E-state index in [-0.39, 0.29) is 11.2 Å². The summed E-state index contributed by atoms with van der Waals surface area (Å²) < 4.78 is 27.6. The Kier molecular flexibility index (Phi) is 6.06. The maximum Gasteiger partial charge on any atom is 0.255 e. The Morgan fingerprint density at radius 1 is 1.16 bits per heavy atom. The number of carbonyl (C=O) groups excluding carboxylic acids is 1. The minimum absolute atomic E-state index is 0.00864. The lowest BCUT2D eigenvalue weighted by Gasteiger charge is -2.32. The molecule has 1 aliphatic carbocycles. The van der Waals surface area contributed by atoms with Crippen LogP contribution in [0.4, 0.5) is 0 Å². The van der Waals surface area contributed by atoms with E-state index in [1.54, 1.807) is 24.5 Å². The first-order valence-electron chi connectivity index (χ1n) is 9.24. The van der Waals surface area contributed by atoms with Gasteiger partial charge in [-0.2, -0.15) is 0 Å². The molecule has 2 fully saturated rings. The van der Waals surface area contributed by atoms with Gasteiger partial charge in [0.2, 0.25) is 10.0 Å². The van der Waals surface area contributed by atoms with Gasteiger partial charge in [0.15, 0.2) is 0 Å². The van der Waals surface area contributed by atoms with Gasteiger partial charge >= 0.3 is 0 Å². The molecule has 6 nitrogen and oxygen atoms in total. The summed E-state index contributed by atoms with van der Waals surface area (Å²) in [5.74, 6) is 0.311. The molecule has 1 amide bonds. The quantitative estimate of drug-likeness (QED) is 0.867. The minimum Gasteiger partial charge on any atom is -0.339 e. The summed E-state index contributed by atoms with van der Waals surface area (Å²) in [7, 11) is -3.19. The lowest BCUT2D eigenvalue weighted by molar-refractivity contribution is 0.0691. The van der Waals surface area contributed by atoms with Crippen molar-refractivity contribution in [3.63, 3.8) is 0 Å². The maximum absolute atomic E-state index is 12.4. The van der Waals surface area contributed by atoms with Gasteiger partial charge in [-0.15, -0.1) is 0 Å². The molecule has 0 bridgehead atoms. The molecule has 3 rings (SSSR count). The Morgan fingerprint density at radius 2 is 1.88 bits per heavy atom. The second-order valence-corrected chi connectivity index (χ2v) is 9.18. The lowest BCUT2D eigenvalue weighted by atomic mass is 9.97. The van der Waals surface area contributed by atoms with Crippen molar-refractivity contribution in [1.29, 1.82) is 0 Å². The third-order valence-electron chi connectivity index (χ3n) is 5.37. The molecule has 1 aromatic heterocycles. The summed E-state index contributed by atoms with van der Waals surface area (Å²) in [5, 5.41) is -0.214. The predicted octanol–water partition coefficient (Wildman–Crippen LogP) is 2.19. The number of nitrogens with one attached hydrogen (secondary N) is 1. The summed E-state index contributed by atoms with van der Waals surface area (Å²) in [5.41, 5.74) is 0.610. The zero-order chi connectivity index (χ0) is 17.7. The van der Waals surface area contributed by atoms with Crippen LogP contribution in [0, 0.1) is 5.92 Å². The van der Waals surface area contributed by atoms with Crippen LogP contribution in [-0.2, 0) is 10.0 Å². The number of hydrogen-bond acceptors (Lipinski definition) is 4. The van der Waals surface area contributed by atoms with E-state index in [1.807, 2.05) is 4.90 Å². The molecule has 2 aliphatic rings. The number of aromatic nitrogens is 1. The fraction of sp³-hybridized carbons (Fsp3) is 0.667. The molecular formula is C18H27N3O3S. The van der Waals surface area contributed by atoms with Crippen molar-refractivity contribution in [2.75, 3.05) is 19.6 Å². The zero-order valence-electron chi connectivity index (χ0n) is 14.6. The molecule has 7 heteroatoms. The number of rotatable bonds is 5. The summed E-state index contributed by atoms with van der Waals surface area (Å²) in [4.78, 5) is 18.2. The zero-order valence-corrected chi connectivity index (χ0v) is 15.4. The van der Waals surface area contributed by atoms with Crippen LogP contribution in [0.1, 0.15) is 55.3 Å². The largest absolute Gasteiger partial charge is 0.339 e. The van der Waals surface area contributed by atoms with E-state index in [2.05, 4.69) is 9.71 Å². The van der Waals surface area contributed by atoms with E-state index < -0.39 is 10.0 Å². The van der Waals surface area contributed by atoms with Crippen molar-refractivity contribution in [2.24, 2.45) is 5.92 Å². The minimum atomic E-state index is -3.19. The predicted molar refractivity (Wildman–Crippen MR) is 96.7 cm³/mol. The topological polar surface area (TPSA) is 79.4 Å². The van der Waals surface area contributed by atoms with E-state index in [1.165, 1.54) is 0 Å². The van der Waals surface area contributed by atoms with Crippen molar-refractivity contribution in [1.82, 2.24) is 14.6 Å². The number of likely N-dealkylation sites (tertiary alicyclic amines) is 1. The Labute approximate surface area is 150 Å². The number of nitrogens with zero attached hydrogens (tertiary/aromatic N) is 2. The van der Waals surface area contributed by atoms with Crippen LogP contribution in [0.25, 0.3) is 0 Å². The van der Waals surface area contributed by atoms with Crippen LogP contribution in [0.5, 0.6) is 0 Å². The molecule has 138 valence electrons. The molecule has 2 heterocycles. The SMILES string of the molecule is O=C(c1cccnc1)N1CCC(CNS(=O)(=O)C2CCCCC2)CC1. The Hall–Kier alpha value is -1.47. The third-order valence-corrected chi connectivity index (χ3v) is 7.29. The van der Waals surface area contributed by atoms with Crippen molar-refractivity contribution in [3.05, 3.63) is 30.1 Å². The van der Waals surface area contributed by atoms with Gasteiger partial charge in [-0.05, 0) is 43.7 Å². The fourth-order valence-electron chi connectivity index (χ4n) is 3.74. The lowest BCUT2D eigenvalue weighted by Crippen LogP contribution is -2.43. The Bertz CT molecular complexity index is 664. The molecule has 0 radical (unpaired) electrons. The second-order valence-electron chi connectivity index (χ2n) is 7.13. The highest BCUT2D eigenvalue weighted by Crippen LogP contribution is 2.24. The van der Waals surface area contributed by atoms with Crippen LogP contribution in [0.15, 0.2) is 24.5 Å². The first-order valence-corrected chi connectivity index (χ1v) is 10.8. The van der Waals surface area contributed by atoms with E-state index in [0.29, 0.717) is 31.1 Å². The number of pyridine rings is 1. The van der Waals surface area contributed by atoms with Gasteiger partial charge in [0, 0.05) is 32.0 Å². The van der Waals surface area contributed by atoms with Gasteiger partial charge in [0.25, 0.3) is 5.91 Å². The normalized spacial score (nSPS) is 20.6. The molecule has 1 N–H and O–H groups in total. The van der Waals surface area contributed by atoms with Gasteiger partial charge in [-0.1, -0.05) is 19.3 Å². The van der Waals surface area contributed by atoms with Crippen LogP contribution in [0.3, 0.4) is 0 Å². The number of sulfonamides is 1. The first-order chi connectivity index (χ1) is 12.1. The summed E-state index contributed by atoms with van der Waals surface area (Å²) in [6.45, 7) is 1.83. The van der Waals surface area contributed by atoms with Crippen molar-refractivity contribution in [3.8, 4) is 0 Å². The standard InChI is InChI=1S/C18H27N3O3S/c22-18(16-5-4-10-19-14-16)21-11-8-15(9-12-21)13-20-25(23,24)17-6-2-1-3-7-17/h4-5,10,14-15,17,20H,1-3,6-9,11-13H2. The number of carbonyl (C=O) groups is 1. The average Bonchev–Trinajstić information content (AvgIpc) is 2.68. The van der Waals surface area contributed by atoms with E-state index in [9.17, 15) is 13.2 Å². The molecule has 0 spiro atoms. The van der Waals surface area contributed by atoms with E-state index in [4.69, 9.17) is 0 Å². The molecule has 1 aromatic rings. The fourth-order valence-corrected chi connectivity index (χ4v) is 5.40. The van der Waals surface area contributed by atoms with Gasteiger partial charge in [0.1, 0.15) is 0 Å². The summed E-state index contributed by atoms with van der Waals surface area (Å²) >= 11 is 0. The van der Waals surface area contributed by atoms with E-state index in [0.717, 1.165) is 44.9 Å². The summed E-state index contributed by atoms with van der Waals surface area (Å²) in [6, 6.07) is 3.54. The Balaban J connectivity index is 1.45. The first kappa shape index (κ1) is 18.3. The molecule has 0 aromatic carbocycles. The van der Waals surface area contributed by atoms with Gasteiger partial charge < -0.3 is 4.90 Å². The van der Waals surface area contributed by atoms with Crippen molar-refractivity contribution in [2.45, 2.75) is 50.2 Å². The van der Waals surface area contributed by atoms with Crippen molar-refractivity contribution >= 4 is 15.9 Å². The molecular weight excluding hydrogens is 338 g/mol. The highest BCUT2D eigenvalue weighted by molar-refractivity contribution is 7.90. The smallest absolute Gasteiger partial charge is 0.255 e. The maximum atomic E-state index is 12.4. The Morgan fingerprint density at radius 3 is 2.52 bits per heavy atom. The van der Waals surface area contributed by atoms with Crippen LogP contribution >= 0.6 is 0 Å². The molecule has 0 atom stereocenters. The molecule has 1 saturated heterocycles. The van der Waals surface area contributed by atoms with Gasteiger partial charge in [0.05, 0.1) is 10.8 Å². The van der Waals surface area contributed by atoms with Gasteiger partial charge in [-0.3, -0.25) is 9.78 Å². The van der Waals surface area contributed by atoms with Crippen LogP contribution < -0.4 is 4.72 Å². The van der Waals surface area contributed by atoms with Crippen LogP contribution in [-0.4, -0.2) is 49.1 Å². The highest BCUT2D eigenvalue weighted by Gasteiger charge is 2.29. The number of piperidine rings is 1. The highest BCUT2D eigenvalue weighted by atomic mass is 32.2. The average molecular weight is 365 g/mol. The number of amides is 1. The number of hydrogen-bond donors (Lipinski definition) is 1. The molecule has 0 unspecified atom stereocenters. The molecule has 1 saturated carbocycles. The monoisotopic (exact) mass is 365 g/mol. The van der Waals surface area contributed by atoms with Crippen LogP contribution in [0.2, 0.25) is 0 Å². The van der Waals surface area contributed by atoms with Gasteiger partial charge in [-0.25, -0.2) is 13.1 Å².